The van der Waals surface area contributed by atoms with E-state index in [2.05, 4.69) is 15.0 Å². The Hall–Kier alpha value is -3.02. The fraction of sp³-hybridized carbons (Fsp3) is 0.0476. The number of halogens is 2. The van der Waals surface area contributed by atoms with Gasteiger partial charge in [0.15, 0.2) is 11.5 Å². The minimum absolute atomic E-state index is 0.0694. The van der Waals surface area contributed by atoms with Gasteiger partial charge in [0, 0.05) is 16.8 Å². The third kappa shape index (κ3) is 3.67. The number of aliphatic imine (C=N–C) groups is 1. The standard InChI is InChI=1S/C21H15Cl2N3O2/c1-28-20-7-2-12(8-19(20)27)11-24-14-4-6-17-18(10-14)26-21(25-17)15-5-3-13(22)9-16(15)23/h2-11,27H,1H3,(H,25,26). The summed E-state index contributed by atoms with van der Waals surface area (Å²) in [4.78, 5) is 12.3. The molecule has 5 nitrogen and oxygen atoms in total. The number of nitrogens with zero attached hydrogens (tertiary/aromatic N) is 2. The molecule has 7 heteroatoms. The van der Waals surface area contributed by atoms with E-state index in [0.717, 1.165) is 27.8 Å². The van der Waals surface area contributed by atoms with E-state index in [-0.39, 0.29) is 5.75 Å². The molecule has 2 N–H and O–H groups in total. The second-order valence-corrected chi connectivity index (χ2v) is 6.94. The number of aromatic amines is 1. The number of hydrogen-bond donors (Lipinski definition) is 2. The van der Waals surface area contributed by atoms with Gasteiger partial charge >= 0.3 is 0 Å². The number of aromatic nitrogens is 2. The summed E-state index contributed by atoms with van der Waals surface area (Å²) in [7, 11) is 1.51. The number of aromatic hydroxyl groups is 1. The number of phenolic OH excluding ortho intramolecular Hbond substituents is 1. The van der Waals surface area contributed by atoms with Gasteiger partial charge in [-0.15, -0.1) is 0 Å². The van der Waals surface area contributed by atoms with Crippen molar-refractivity contribution >= 4 is 46.1 Å². The maximum atomic E-state index is 9.86. The summed E-state index contributed by atoms with van der Waals surface area (Å²) in [5.41, 5.74) is 3.94. The van der Waals surface area contributed by atoms with E-state index >= 15 is 0 Å². The predicted octanol–water partition coefficient (Wildman–Crippen LogP) is 6.00. The van der Waals surface area contributed by atoms with Crippen LogP contribution in [0.5, 0.6) is 11.5 Å². The summed E-state index contributed by atoms with van der Waals surface area (Å²) in [6, 6.07) is 16.0. The Bertz CT molecular complexity index is 1200. The van der Waals surface area contributed by atoms with Crippen molar-refractivity contribution in [2.75, 3.05) is 7.11 Å². The average Bonchev–Trinajstić information content (AvgIpc) is 3.09. The van der Waals surface area contributed by atoms with E-state index in [1.807, 2.05) is 30.3 Å². The SMILES string of the molecule is COc1ccc(C=Nc2ccc3nc(-c4ccc(Cl)cc4Cl)[nH]c3c2)cc1O. The lowest BCUT2D eigenvalue weighted by Crippen LogP contribution is -1.86. The normalized spacial score (nSPS) is 11.4. The van der Waals surface area contributed by atoms with Gasteiger partial charge in [-0.3, -0.25) is 4.99 Å². The maximum Gasteiger partial charge on any atom is 0.160 e. The zero-order valence-electron chi connectivity index (χ0n) is 14.8. The smallest absolute Gasteiger partial charge is 0.160 e. The fourth-order valence-electron chi connectivity index (χ4n) is 2.82. The van der Waals surface area contributed by atoms with Crippen molar-refractivity contribution in [3.8, 4) is 22.9 Å². The van der Waals surface area contributed by atoms with Gasteiger partial charge in [0.05, 0.1) is 28.9 Å². The van der Waals surface area contributed by atoms with E-state index in [1.54, 1.807) is 30.5 Å². The molecule has 28 heavy (non-hydrogen) atoms. The lowest BCUT2D eigenvalue weighted by molar-refractivity contribution is 0.373. The molecule has 140 valence electrons. The Balaban J connectivity index is 1.64. The number of methoxy groups -OCH3 is 1. The minimum atomic E-state index is 0.0694. The lowest BCUT2D eigenvalue weighted by Gasteiger charge is -2.03. The Morgan fingerprint density at radius 1 is 1.07 bits per heavy atom. The molecule has 1 heterocycles. The monoisotopic (exact) mass is 411 g/mol. The molecule has 0 saturated carbocycles. The van der Waals surface area contributed by atoms with Crippen LogP contribution in [0.1, 0.15) is 5.56 Å². The first-order valence-electron chi connectivity index (χ1n) is 8.40. The molecular weight excluding hydrogens is 397 g/mol. The first kappa shape index (κ1) is 18.3. The number of imidazole rings is 1. The van der Waals surface area contributed by atoms with E-state index < -0.39 is 0 Å². The molecule has 0 aliphatic carbocycles. The molecule has 0 amide bonds. The summed E-state index contributed by atoms with van der Waals surface area (Å²) in [5, 5.41) is 11.0. The van der Waals surface area contributed by atoms with Gasteiger partial charge < -0.3 is 14.8 Å². The molecule has 0 bridgehead atoms. The first-order valence-corrected chi connectivity index (χ1v) is 9.15. The van der Waals surface area contributed by atoms with Gasteiger partial charge in [-0.2, -0.15) is 0 Å². The Morgan fingerprint density at radius 2 is 1.93 bits per heavy atom. The third-order valence-electron chi connectivity index (χ3n) is 4.22. The van der Waals surface area contributed by atoms with Crippen LogP contribution in [-0.2, 0) is 0 Å². The Labute approximate surface area is 171 Å². The molecule has 0 saturated heterocycles. The summed E-state index contributed by atoms with van der Waals surface area (Å²) in [6.07, 6.45) is 1.67. The number of nitrogens with one attached hydrogen (secondary N) is 1. The molecule has 0 atom stereocenters. The highest BCUT2D eigenvalue weighted by atomic mass is 35.5. The van der Waals surface area contributed by atoms with E-state index in [9.17, 15) is 5.11 Å². The topological polar surface area (TPSA) is 70.5 Å². The lowest BCUT2D eigenvalue weighted by atomic mass is 10.2. The molecule has 3 aromatic carbocycles. The summed E-state index contributed by atoms with van der Waals surface area (Å²) >= 11 is 12.2. The predicted molar refractivity (Wildman–Crippen MR) is 113 cm³/mol. The van der Waals surface area contributed by atoms with E-state index in [0.29, 0.717) is 21.6 Å². The average molecular weight is 412 g/mol. The molecule has 1 aromatic heterocycles. The van der Waals surface area contributed by atoms with Crippen LogP contribution in [0.25, 0.3) is 22.4 Å². The highest BCUT2D eigenvalue weighted by molar-refractivity contribution is 6.36. The highest BCUT2D eigenvalue weighted by Crippen LogP contribution is 2.31. The van der Waals surface area contributed by atoms with Crippen LogP contribution in [0.15, 0.2) is 59.6 Å². The van der Waals surface area contributed by atoms with Gasteiger partial charge in [-0.05, 0) is 60.2 Å². The van der Waals surface area contributed by atoms with Gasteiger partial charge in [0.1, 0.15) is 5.82 Å². The molecular formula is C21H15Cl2N3O2. The zero-order chi connectivity index (χ0) is 19.7. The van der Waals surface area contributed by atoms with Crippen LogP contribution in [0.3, 0.4) is 0 Å². The second-order valence-electron chi connectivity index (χ2n) is 6.10. The zero-order valence-corrected chi connectivity index (χ0v) is 16.3. The van der Waals surface area contributed by atoms with Crippen molar-refractivity contribution in [1.82, 2.24) is 9.97 Å². The van der Waals surface area contributed by atoms with Crippen molar-refractivity contribution in [2.45, 2.75) is 0 Å². The Morgan fingerprint density at radius 3 is 2.68 bits per heavy atom. The van der Waals surface area contributed by atoms with Gasteiger partial charge in [0.25, 0.3) is 0 Å². The van der Waals surface area contributed by atoms with Crippen LogP contribution in [0.4, 0.5) is 5.69 Å². The minimum Gasteiger partial charge on any atom is -0.504 e. The molecule has 0 spiro atoms. The van der Waals surface area contributed by atoms with Crippen LogP contribution in [-0.4, -0.2) is 28.4 Å². The third-order valence-corrected chi connectivity index (χ3v) is 4.77. The molecule has 4 rings (SSSR count). The summed E-state index contributed by atoms with van der Waals surface area (Å²) < 4.78 is 5.04. The number of ether oxygens (including phenoxy) is 1. The number of fused-ring (bicyclic) bond motifs is 1. The highest BCUT2D eigenvalue weighted by Gasteiger charge is 2.10. The van der Waals surface area contributed by atoms with Gasteiger partial charge in [-0.25, -0.2) is 4.98 Å². The molecule has 0 fully saturated rings. The largest absolute Gasteiger partial charge is 0.504 e. The van der Waals surface area contributed by atoms with Crippen molar-refractivity contribution in [3.05, 3.63) is 70.2 Å². The van der Waals surface area contributed by atoms with E-state index in [4.69, 9.17) is 27.9 Å². The number of rotatable bonds is 4. The van der Waals surface area contributed by atoms with E-state index in [1.165, 1.54) is 7.11 Å². The van der Waals surface area contributed by atoms with Crippen molar-refractivity contribution in [1.29, 1.82) is 0 Å². The van der Waals surface area contributed by atoms with Gasteiger partial charge in [-0.1, -0.05) is 23.2 Å². The first-order chi connectivity index (χ1) is 13.5. The second kappa shape index (κ2) is 7.54. The van der Waals surface area contributed by atoms with Crippen LogP contribution >= 0.6 is 23.2 Å². The molecule has 0 aliphatic heterocycles. The van der Waals surface area contributed by atoms with Crippen LogP contribution in [0, 0.1) is 0 Å². The number of H-pyrrole nitrogens is 1. The summed E-state index contributed by atoms with van der Waals surface area (Å²) in [6.45, 7) is 0. The van der Waals surface area contributed by atoms with Gasteiger partial charge in [0.2, 0.25) is 0 Å². The van der Waals surface area contributed by atoms with Crippen LogP contribution < -0.4 is 4.74 Å². The number of phenols is 1. The molecule has 0 unspecified atom stereocenters. The van der Waals surface area contributed by atoms with Crippen molar-refractivity contribution in [2.24, 2.45) is 4.99 Å². The quantitative estimate of drug-likeness (QED) is 0.404. The number of benzene rings is 3. The Kier molecular flexibility index (Phi) is 4.94. The molecule has 0 aliphatic rings. The van der Waals surface area contributed by atoms with Crippen LogP contribution in [0.2, 0.25) is 10.0 Å². The molecule has 4 aromatic rings. The number of hydrogen-bond acceptors (Lipinski definition) is 4. The van der Waals surface area contributed by atoms with Crippen molar-refractivity contribution in [3.63, 3.8) is 0 Å². The maximum absolute atomic E-state index is 9.86. The molecule has 0 radical (unpaired) electrons. The fourth-order valence-corrected chi connectivity index (χ4v) is 3.32. The summed E-state index contributed by atoms with van der Waals surface area (Å²) in [5.74, 6) is 1.15. The van der Waals surface area contributed by atoms with Crippen molar-refractivity contribution < 1.29 is 9.84 Å².